The number of nitrogens with zero attached hydrogens (tertiary/aromatic N) is 2. The van der Waals surface area contributed by atoms with Gasteiger partial charge in [-0.05, 0) is 17.7 Å². The highest BCUT2D eigenvalue weighted by molar-refractivity contribution is 7.13. The highest BCUT2D eigenvalue weighted by atomic mass is 35.5. The van der Waals surface area contributed by atoms with Crippen molar-refractivity contribution >= 4 is 52.9 Å². The van der Waals surface area contributed by atoms with E-state index in [0.717, 1.165) is 48.4 Å². The molecule has 7 heteroatoms. The number of aromatic nitrogens is 1. The SMILES string of the molecule is Cl.Cl.Clc1cccc(Cc2csc(N3CCNCC3)n2)c1. The zero-order valence-corrected chi connectivity index (χ0v) is 14.6. The maximum absolute atomic E-state index is 6.01. The van der Waals surface area contributed by atoms with Crippen molar-refractivity contribution in [1.82, 2.24) is 10.3 Å². The molecule has 0 atom stereocenters. The maximum atomic E-state index is 6.01. The van der Waals surface area contributed by atoms with Crippen molar-refractivity contribution in [1.29, 1.82) is 0 Å². The zero-order valence-electron chi connectivity index (χ0n) is 11.4. The van der Waals surface area contributed by atoms with Gasteiger partial charge in [0.15, 0.2) is 5.13 Å². The van der Waals surface area contributed by atoms with Gasteiger partial charge in [0.25, 0.3) is 0 Å². The van der Waals surface area contributed by atoms with Gasteiger partial charge in [-0.2, -0.15) is 0 Å². The van der Waals surface area contributed by atoms with E-state index in [1.807, 2.05) is 18.2 Å². The second kappa shape index (κ2) is 8.81. The van der Waals surface area contributed by atoms with Crippen LogP contribution in [0.1, 0.15) is 11.3 Å². The molecule has 0 aliphatic carbocycles. The van der Waals surface area contributed by atoms with Gasteiger partial charge in [-0.1, -0.05) is 23.7 Å². The van der Waals surface area contributed by atoms with Crippen LogP contribution in [0, 0.1) is 0 Å². The van der Waals surface area contributed by atoms with E-state index >= 15 is 0 Å². The van der Waals surface area contributed by atoms with E-state index in [1.54, 1.807) is 11.3 Å². The first-order valence-electron chi connectivity index (χ1n) is 6.46. The summed E-state index contributed by atoms with van der Waals surface area (Å²) in [6, 6.07) is 7.99. The molecule has 116 valence electrons. The first-order chi connectivity index (χ1) is 9.31. The molecule has 1 aromatic carbocycles. The number of nitrogens with one attached hydrogen (secondary N) is 1. The van der Waals surface area contributed by atoms with Gasteiger partial charge in [0.05, 0.1) is 5.69 Å². The van der Waals surface area contributed by atoms with Gasteiger partial charge in [0.2, 0.25) is 0 Å². The fraction of sp³-hybridized carbons (Fsp3) is 0.357. The van der Waals surface area contributed by atoms with Crippen molar-refractivity contribution in [3.63, 3.8) is 0 Å². The number of hydrogen-bond donors (Lipinski definition) is 1. The minimum Gasteiger partial charge on any atom is -0.346 e. The molecule has 0 unspecified atom stereocenters. The zero-order chi connectivity index (χ0) is 13.1. The first kappa shape index (κ1) is 18.5. The van der Waals surface area contributed by atoms with E-state index in [-0.39, 0.29) is 24.8 Å². The second-order valence-corrected chi connectivity index (χ2v) is 5.94. The maximum Gasteiger partial charge on any atom is 0.185 e. The number of anilines is 1. The Kier molecular flexibility index (Phi) is 7.77. The molecule has 3 nitrogen and oxygen atoms in total. The Morgan fingerprint density at radius 2 is 2.00 bits per heavy atom. The van der Waals surface area contributed by atoms with Crippen molar-refractivity contribution in [2.24, 2.45) is 0 Å². The summed E-state index contributed by atoms with van der Waals surface area (Å²) >= 11 is 7.74. The molecule has 1 aromatic heterocycles. The van der Waals surface area contributed by atoms with Crippen molar-refractivity contribution in [3.05, 3.63) is 45.9 Å². The molecular weight excluding hydrogens is 349 g/mol. The Labute approximate surface area is 146 Å². The van der Waals surface area contributed by atoms with E-state index in [0.29, 0.717) is 0 Å². The molecule has 3 rings (SSSR count). The third-order valence-corrected chi connectivity index (χ3v) is 4.39. The largest absolute Gasteiger partial charge is 0.346 e. The average molecular weight is 367 g/mol. The fourth-order valence-corrected chi connectivity index (χ4v) is 3.33. The minimum absolute atomic E-state index is 0. The van der Waals surface area contributed by atoms with Crippen molar-refractivity contribution in [2.45, 2.75) is 6.42 Å². The number of halogens is 3. The number of rotatable bonds is 3. The van der Waals surface area contributed by atoms with Gasteiger partial charge >= 0.3 is 0 Å². The van der Waals surface area contributed by atoms with E-state index in [9.17, 15) is 0 Å². The Morgan fingerprint density at radius 1 is 1.24 bits per heavy atom. The van der Waals surface area contributed by atoms with Gasteiger partial charge in [-0.25, -0.2) is 4.98 Å². The Bertz CT molecular complexity index is 556. The molecular formula is C14H18Cl3N3S. The highest BCUT2D eigenvalue weighted by Gasteiger charge is 2.13. The Balaban J connectivity index is 0.00000110. The summed E-state index contributed by atoms with van der Waals surface area (Å²) in [6.45, 7) is 4.18. The number of piperazine rings is 1. The quantitative estimate of drug-likeness (QED) is 0.899. The van der Waals surface area contributed by atoms with Gasteiger partial charge < -0.3 is 10.2 Å². The standard InChI is InChI=1S/C14H16ClN3S.2ClH/c15-12-3-1-2-11(8-12)9-13-10-19-14(17-13)18-6-4-16-5-7-18;;/h1-3,8,10,16H,4-7,9H2;2*1H. The van der Waals surface area contributed by atoms with Crippen molar-refractivity contribution < 1.29 is 0 Å². The fourth-order valence-electron chi connectivity index (χ4n) is 2.23. The smallest absolute Gasteiger partial charge is 0.185 e. The summed E-state index contributed by atoms with van der Waals surface area (Å²) < 4.78 is 0. The first-order valence-corrected chi connectivity index (χ1v) is 7.71. The van der Waals surface area contributed by atoms with Crippen LogP contribution in [0.5, 0.6) is 0 Å². The molecule has 21 heavy (non-hydrogen) atoms. The molecule has 1 saturated heterocycles. The molecule has 1 N–H and O–H groups in total. The van der Waals surface area contributed by atoms with Crippen molar-refractivity contribution in [3.8, 4) is 0 Å². The third-order valence-electron chi connectivity index (χ3n) is 3.20. The second-order valence-electron chi connectivity index (χ2n) is 4.67. The monoisotopic (exact) mass is 365 g/mol. The normalized spacial score (nSPS) is 14.2. The van der Waals surface area contributed by atoms with E-state index in [1.165, 1.54) is 5.56 Å². The average Bonchev–Trinajstić information content (AvgIpc) is 2.88. The van der Waals surface area contributed by atoms with Crippen LogP contribution in [0.4, 0.5) is 5.13 Å². The molecule has 2 heterocycles. The summed E-state index contributed by atoms with van der Waals surface area (Å²) in [5, 5.41) is 7.43. The van der Waals surface area contributed by atoms with Crippen LogP contribution in [-0.2, 0) is 6.42 Å². The molecule has 0 radical (unpaired) electrons. The lowest BCUT2D eigenvalue weighted by Gasteiger charge is -2.26. The number of hydrogen-bond acceptors (Lipinski definition) is 4. The lowest BCUT2D eigenvalue weighted by atomic mass is 10.1. The van der Waals surface area contributed by atoms with Gasteiger partial charge in [0.1, 0.15) is 0 Å². The predicted molar refractivity (Wildman–Crippen MR) is 96.0 cm³/mol. The van der Waals surface area contributed by atoms with Gasteiger partial charge in [-0.15, -0.1) is 36.2 Å². The Morgan fingerprint density at radius 3 is 2.71 bits per heavy atom. The minimum atomic E-state index is 0. The molecule has 2 aromatic rings. The van der Waals surface area contributed by atoms with Crippen LogP contribution >= 0.6 is 47.8 Å². The lowest BCUT2D eigenvalue weighted by Crippen LogP contribution is -2.43. The van der Waals surface area contributed by atoms with Gasteiger partial charge in [0, 0.05) is 43.0 Å². The highest BCUT2D eigenvalue weighted by Crippen LogP contribution is 2.23. The van der Waals surface area contributed by atoms with Crippen LogP contribution in [0.3, 0.4) is 0 Å². The summed E-state index contributed by atoms with van der Waals surface area (Å²) in [4.78, 5) is 7.08. The van der Waals surface area contributed by atoms with Crippen LogP contribution < -0.4 is 10.2 Å². The summed E-state index contributed by atoms with van der Waals surface area (Å²) in [5.74, 6) is 0. The van der Waals surface area contributed by atoms with Crippen molar-refractivity contribution in [2.75, 3.05) is 31.1 Å². The van der Waals surface area contributed by atoms with Gasteiger partial charge in [-0.3, -0.25) is 0 Å². The molecule has 0 amide bonds. The Hall–Kier alpha value is -0.520. The van der Waals surface area contributed by atoms with E-state index in [2.05, 4.69) is 21.7 Å². The summed E-state index contributed by atoms with van der Waals surface area (Å²) in [6.07, 6.45) is 0.850. The lowest BCUT2D eigenvalue weighted by molar-refractivity contribution is 0.588. The van der Waals surface area contributed by atoms with Crippen LogP contribution in [0.2, 0.25) is 5.02 Å². The molecule has 1 aliphatic heterocycles. The molecule has 1 aliphatic rings. The number of benzene rings is 1. The molecule has 1 fully saturated rings. The van der Waals surface area contributed by atoms with Crippen LogP contribution in [-0.4, -0.2) is 31.2 Å². The molecule has 0 bridgehead atoms. The molecule has 0 spiro atoms. The summed E-state index contributed by atoms with van der Waals surface area (Å²) in [7, 11) is 0. The van der Waals surface area contributed by atoms with Crippen LogP contribution in [0.25, 0.3) is 0 Å². The third kappa shape index (κ3) is 5.01. The summed E-state index contributed by atoms with van der Waals surface area (Å²) in [5.41, 5.74) is 2.34. The van der Waals surface area contributed by atoms with E-state index < -0.39 is 0 Å². The van der Waals surface area contributed by atoms with E-state index in [4.69, 9.17) is 16.6 Å². The predicted octanol–water partition coefficient (Wildman–Crippen LogP) is 3.64. The molecule has 0 saturated carbocycles. The van der Waals surface area contributed by atoms with Crippen LogP contribution in [0.15, 0.2) is 29.6 Å². The topological polar surface area (TPSA) is 28.2 Å². The number of thiazole rings is 1.